The number of hydrogen-bond acceptors (Lipinski definition) is 4. The second-order valence-electron chi connectivity index (χ2n) is 4.92. The van der Waals surface area contributed by atoms with Gasteiger partial charge in [0, 0.05) is 12.7 Å². The lowest BCUT2D eigenvalue weighted by molar-refractivity contribution is 0.0534. The largest absolute Gasteiger partial charge is 0.444 e. The number of carbonyl (C=O) groups is 1. The Labute approximate surface area is 111 Å². The highest BCUT2D eigenvalue weighted by molar-refractivity contribution is 5.68. The van der Waals surface area contributed by atoms with Crippen LogP contribution in [0.15, 0.2) is 18.3 Å². The van der Waals surface area contributed by atoms with Crippen LogP contribution in [0, 0.1) is 5.82 Å². The number of hydrogen-bond donors (Lipinski definition) is 2. The maximum Gasteiger partial charge on any atom is 0.407 e. The van der Waals surface area contributed by atoms with Crippen molar-refractivity contribution in [3.63, 3.8) is 0 Å². The third-order valence-electron chi connectivity index (χ3n) is 1.96. The fourth-order valence-corrected chi connectivity index (χ4v) is 1.21. The molecule has 104 valence electrons. The first kappa shape index (κ1) is 14.9. The van der Waals surface area contributed by atoms with Crippen LogP contribution in [0.25, 0.3) is 6.08 Å². The van der Waals surface area contributed by atoms with Crippen LogP contribution < -0.4 is 11.1 Å². The molecule has 0 saturated carbocycles. The van der Waals surface area contributed by atoms with Gasteiger partial charge in [-0.15, -0.1) is 0 Å². The van der Waals surface area contributed by atoms with E-state index in [1.165, 1.54) is 12.3 Å². The van der Waals surface area contributed by atoms with Crippen molar-refractivity contribution in [3.05, 3.63) is 29.7 Å². The monoisotopic (exact) mass is 267 g/mol. The summed E-state index contributed by atoms with van der Waals surface area (Å²) in [6, 6.07) is 1.27. The second kappa shape index (κ2) is 6.17. The van der Waals surface area contributed by atoms with Crippen LogP contribution in [0.5, 0.6) is 0 Å². The maximum atomic E-state index is 13.1. The summed E-state index contributed by atoms with van der Waals surface area (Å²) in [4.78, 5) is 15.0. The van der Waals surface area contributed by atoms with Crippen molar-refractivity contribution < 1.29 is 13.9 Å². The predicted octanol–water partition coefficient (Wildman–Crippen LogP) is 2.34. The minimum absolute atomic E-state index is 0.135. The molecule has 5 nitrogen and oxygen atoms in total. The average molecular weight is 267 g/mol. The van der Waals surface area contributed by atoms with Gasteiger partial charge in [-0.3, -0.25) is 0 Å². The summed E-state index contributed by atoms with van der Waals surface area (Å²) in [5.74, 6) is -0.703. The standard InChI is InChI=1S/C13H18FN3O2/c1-13(2,3)19-12(18)16-6-4-5-9-7-10(14)11(15)17-8-9/h4-5,7-8H,6H2,1-3H3,(H2,15,17)(H,16,18). The van der Waals surface area contributed by atoms with Crippen LogP contribution in [0.4, 0.5) is 15.0 Å². The zero-order chi connectivity index (χ0) is 14.5. The van der Waals surface area contributed by atoms with Gasteiger partial charge in [0.25, 0.3) is 0 Å². The van der Waals surface area contributed by atoms with Crippen molar-refractivity contribution in [2.45, 2.75) is 26.4 Å². The normalized spacial score (nSPS) is 11.6. The number of halogens is 1. The summed E-state index contributed by atoms with van der Waals surface area (Å²) < 4.78 is 18.1. The Balaban J connectivity index is 2.42. The molecule has 0 atom stereocenters. The maximum absolute atomic E-state index is 13.1. The molecule has 1 heterocycles. The number of carbonyl (C=O) groups excluding carboxylic acids is 1. The highest BCUT2D eigenvalue weighted by atomic mass is 19.1. The summed E-state index contributed by atoms with van der Waals surface area (Å²) >= 11 is 0. The van der Waals surface area contributed by atoms with Crippen molar-refractivity contribution in [1.29, 1.82) is 0 Å². The molecule has 0 spiro atoms. The van der Waals surface area contributed by atoms with Crippen LogP contribution in [-0.4, -0.2) is 23.2 Å². The number of rotatable bonds is 3. The summed E-state index contributed by atoms with van der Waals surface area (Å²) in [6.45, 7) is 5.63. The number of nitrogen functional groups attached to an aromatic ring is 1. The molecule has 1 aromatic rings. The molecule has 0 saturated heterocycles. The van der Waals surface area contributed by atoms with Crippen molar-refractivity contribution in [1.82, 2.24) is 10.3 Å². The zero-order valence-electron chi connectivity index (χ0n) is 11.2. The minimum atomic E-state index is -0.567. The van der Waals surface area contributed by atoms with Crippen LogP contribution in [0.2, 0.25) is 0 Å². The number of nitrogens with two attached hydrogens (primary N) is 1. The summed E-state index contributed by atoms with van der Waals surface area (Å²) in [7, 11) is 0. The highest BCUT2D eigenvalue weighted by Crippen LogP contribution is 2.09. The zero-order valence-corrected chi connectivity index (χ0v) is 11.2. The van der Waals surface area contributed by atoms with E-state index in [0.717, 1.165) is 0 Å². The van der Waals surface area contributed by atoms with Gasteiger partial charge >= 0.3 is 6.09 Å². The van der Waals surface area contributed by atoms with E-state index in [9.17, 15) is 9.18 Å². The number of alkyl carbamates (subject to hydrolysis) is 1. The van der Waals surface area contributed by atoms with Gasteiger partial charge in [0.15, 0.2) is 11.6 Å². The van der Waals surface area contributed by atoms with E-state index in [-0.39, 0.29) is 12.4 Å². The third-order valence-corrected chi connectivity index (χ3v) is 1.96. The lowest BCUT2D eigenvalue weighted by Crippen LogP contribution is -2.32. The Hall–Kier alpha value is -2.11. The molecule has 0 fully saturated rings. The third kappa shape index (κ3) is 5.85. The number of amides is 1. The molecule has 0 radical (unpaired) electrons. The van der Waals surface area contributed by atoms with Crippen LogP contribution in [0.3, 0.4) is 0 Å². The van der Waals surface area contributed by atoms with E-state index in [0.29, 0.717) is 5.56 Å². The fourth-order valence-electron chi connectivity index (χ4n) is 1.21. The molecule has 19 heavy (non-hydrogen) atoms. The lowest BCUT2D eigenvalue weighted by Gasteiger charge is -2.19. The van der Waals surface area contributed by atoms with Gasteiger partial charge in [0.1, 0.15) is 5.60 Å². The van der Waals surface area contributed by atoms with Gasteiger partial charge in [-0.05, 0) is 32.4 Å². The molecule has 0 aliphatic carbocycles. The lowest BCUT2D eigenvalue weighted by atomic mass is 10.2. The second-order valence-corrected chi connectivity index (χ2v) is 4.92. The molecule has 1 rings (SSSR count). The van der Waals surface area contributed by atoms with E-state index in [2.05, 4.69) is 10.3 Å². The number of nitrogens with zero attached hydrogens (tertiary/aromatic N) is 1. The van der Waals surface area contributed by atoms with Crippen molar-refractivity contribution in [3.8, 4) is 0 Å². The molecule has 1 amide bonds. The molecular formula is C13H18FN3O2. The number of aromatic nitrogens is 1. The topological polar surface area (TPSA) is 77.2 Å². The van der Waals surface area contributed by atoms with Gasteiger partial charge in [-0.2, -0.15) is 0 Å². The molecule has 3 N–H and O–H groups in total. The van der Waals surface area contributed by atoms with Gasteiger partial charge < -0.3 is 15.8 Å². The van der Waals surface area contributed by atoms with Crippen LogP contribution >= 0.6 is 0 Å². The smallest absolute Gasteiger partial charge is 0.407 e. The quantitative estimate of drug-likeness (QED) is 0.881. The fraction of sp³-hybridized carbons (Fsp3) is 0.385. The van der Waals surface area contributed by atoms with Gasteiger partial charge in [0.2, 0.25) is 0 Å². The highest BCUT2D eigenvalue weighted by Gasteiger charge is 2.14. The number of pyridine rings is 1. The van der Waals surface area contributed by atoms with E-state index >= 15 is 0 Å². The molecule has 1 aromatic heterocycles. The first-order valence-electron chi connectivity index (χ1n) is 5.82. The van der Waals surface area contributed by atoms with Gasteiger partial charge in [-0.25, -0.2) is 14.2 Å². The Morgan fingerprint density at radius 2 is 2.26 bits per heavy atom. The average Bonchev–Trinajstić information content (AvgIpc) is 2.27. The molecule has 0 unspecified atom stereocenters. The van der Waals surface area contributed by atoms with Crippen molar-refractivity contribution in [2.75, 3.05) is 12.3 Å². The molecule has 0 bridgehead atoms. The Kier molecular flexibility index (Phi) is 4.86. The number of anilines is 1. The van der Waals surface area contributed by atoms with Crippen molar-refractivity contribution in [2.24, 2.45) is 0 Å². The van der Waals surface area contributed by atoms with E-state index in [1.54, 1.807) is 32.9 Å². The molecule has 0 aliphatic heterocycles. The Bertz CT molecular complexity index is 481. The molecule has 6 heteroatoms. The molecule has 0 aromatic carbocycles. The first-order valence-corrected chi connectivity index (χ1v) is 5.82. The Morgan fingerprint density at radius 3 is 2.84 bits per heavy atom. The summed E-state index contributed by atoms with van der Waals surface area (Å²) in [5.41, 5.74) is 5.30. The van der Waals surface area contributed by atoms with Crippen LogP contribution in [0.1, 0.15) is 26.3 Å². The van der Waals surface area contributed by atoms with E-state index < -0.39 is 17.5 Å². The first-order chi connectivity index (χ1) is 8.78. The number of ether oxygens (including phenoxy) is 1. The van der Waals surface area contributed by atoms with E-state index in [4.69, 9.17) is 10.5 Å². The molecular weight excluding hydrogens is 249 g/mol. The summed E-state index contributed by atoms with van der Waals surface area (Å²) in [6.07, 6.45) is 4.24. The SMILES string of the molecule is CC(C)(C)OC(=O)NCC=Cc1cnc(N)c(F)c1. The van der Waals surface area contributed by atoms with Crippen LogP contribution in [-0.2, 0) is 4.74 Å². The predicted molar refractivity (Wildman–Crippen MR) is 71.9 cm³/mol. The molecule has 0 aliphatic rings. The summed E-state index contributed by atoms with van der Waals surface area (Å²) in [5, 5.41) is 2.55. The van der Waals surface area contributed by atoms with Crippen molar-refractivity contribution >= 4 is 18.0 Å². The van der Waals surface area contributed by atoms with Gasteiger partial charge in [0.05, 0.1) is 0 Å². The Morgan fingerprint density at radius 1 is 1.58 bits per heavy atom. The van der Waals surface area contributed by atoms with Gasteiger partial charge in [-0.1, -0.05) is 12.2 Å². The van der Waals surface area contributed by atoms with E-state index in [1.807, 2.05) is 0 Å². The minimum Gasteiger partial charge on any atom is -0.444 e. The number of nitrogens with one attached hydrogen (secondary N) is 1.